The van der Waals surface area contributed by atoms with Crippen LogP contribution in [0.15, 0.2) is 0 Å². The fraction of sp³-hybridized carbons (Fsp3) is 1.00. The average molecular weight is 207 g/mol. The van der Waals surface area contributed by atoms with Gasteiger partial charge in [-0.05, 0) is 18.0 Å². The predicted molar refractivity (Wildman–Crippen MR) is 59.7 cm³/mol. The van der Waals surface area contributed by atoms with Crippen molar-refractivity contribution in [3.8, 4) is 0 Å². The van der Waals surface area contributed by atoms with Crippen molar-refractivity contribution < 1.29 is 0 Å². The Morgan fingerprint density at radius 2 is 1.58 bits per heavy atom. The van der Waals surface area contributed by atoms with Gasteiger partial charge in [0.05, 0.1) is 4.62 Å². The molecule has 1 aliphatic carbocycles. The van der Waals surface area contributed by atoms with E-state index in [-0.39, 0.29) is 4.62 Å². The molecule has 1 aliphatic rings. The molecule has 0 aromatic heterocycles. The number of halogens is 1. The van der Waals surface area contributed by atoms with E-state index in [4.69, 9.17) is 11.6 Å². The minimum atomic E-state index is 0.163. The van der Waals surface area contributed by atoms with E-state index in [0.717, 1.165) is 8.58 Å². The Morgan fingerprint density at radius 1 is 1.08 bits per heavy atom. The Labute approximate surface area is 83.2 Å². The van der Waals surface area contributed by atoms with Crippen LogP contribution in [0, 0.1) is 0 Å². The highest BCUT2D eigenvalue weighted by atomic mass is 35.5. The van der Waals surface area contributed by atoms with Gasteiger partial charge in [0.25, 0.3) is 0 Å². The summed E-state index contributed by atoms with van der Waals surface area (Å²) in [6, 6.07) is 0. The highest BCUT2D eigenvalue weighted by Crippen LogP contribution is 2.53. The smallest absolute Gasteiger partial charge is 0.0617 e. The molecular weight excluding hydrogens is 187 g/mol. The van der Waals surface area contributed by atoms with E-state index < -0.39 is 0 Å². The first-order valence-corrected chi connectivity index (χ1v) is 6.27. The monoisotopic (exact) mass is 206 g/mol. The van der Waals surface area contributed by atoms with Crippen LogP contribution in [0.4, 0.5) is 0 Å². The lowest BCUT2D eigenvalue weighted by atomic mass is 10.00. The summed E-state index contributed by atoms with van der Waals surface area (Å²) >= 11 is 6.57. The van der Waals surface area contributed by atoms with Crippen LogP contribution in [0.5, 0.6) is 0 Å². The van der Waals surface area contributed by atoms with Gasteiger partial charge in [-0.25, -0.2) is 0 Å². The maximum Gasteiger partial charge on any atom is 0.0617 e. The molecule has 12 heavy (non-hydrogen) atoms. The van der Waals surface area contributed by atoms with Crippen LogP contribution in [-0.4, -0.2) is 9.77 Å². The Bertz CT molecular complexity index is 142. The molecule has 1 fully saturated rings. The second-order valence-corrected chi connectivity index (χ2v) is 8.65. The van der Waals surface area contributed by atoms with Gasteiger partial charge in [0.2, 0.25) is 0 Å². The van der Waals surface area contributed by atoms with Crippen LogP contribution in [-0.2, 0) is 0 Å². The summed E-state index contributed by atoms with van der Waals surface area (Å²) < 4.78 is 0.163. The fourth-order valence-corrected chi connectivity index (χ4v) is 4.97. The predicted octanol–water partition coefficient (Wildman–Crippen LogP) is 4.36. The van der Waals surface area contributed by atoms with Gasteiger partial charge in [-0.1, -0.05) is 48.6 Å². The molecule has 0 aromatic rings. The molecular formula is C10H20ClP. The molecule has 0 aromatic carbocycles. The Balaban J connectivity index is 2.47. The van der Waals surface area contributed by atoms with Gasteiger partial charge >= 0.3 is 0 Å². The Hall–Kier alpha value is 0.720. The van der Waals surface area contributed by atoms with Crippen LogP contribution < -0.4 is 0 Å². The SMILES string of the molecule is CC(C)(C)PC1(Cl)CCCCC1. The standard InChI is InChI=1S/C10H20ClP/c1-9(2,3)12-10(11)7-5-4-6-8-10/h12H,4-8H2,1-3H3. The minimum Gasteiger partial charge on any atom is -0.115 e. The number of alkyl halides is 1. The van der Waals surface area contributed by atoms with Crippen molar-refractivity contribution in [1.82, 2.24) is 0 Å². The maximum absolute atomic E-state index is 6.57. The molecule has 0 amide bonds. The van der Waals surface area contributed by atoms with E-state index in [1.165, 1.54) is 32.1 Å². The van der Waals surface area contributed by atoms with Crippen molar-refractivity contribution in [2.75, 3.05) is 0 Å². The molecule has 1 saturated carbocycles. The van der Waals surface area contributed by atoms with E-state index in [1.807, 2.05) is 0 Å². The molecule has 0 N–H and O–H groups in total. The van der Waals surface area contributed by atoms with Crippen LogP contribution in [0.2, 0.25) is 0 Å². The van der Waals surface area contributed by atoms with Crippen molar-refractivity contribution in [1.29, 1.82) is 0 Å². The lowest BCUT2D eigenvalue weighted by Crippen LogP contribution is -2.24. The van der Waals surface area contributed by atoms with Gasteiger partial charge in [0.1, 0.15) is 0 Å². The normalized spacial score (nSPS) is 25.0. The molecule has 0 nitrogen and oxygen atoms in total. The van der Waals surface area contributed by atoms with Crippen molar-refractivity contribution in [2.45, 2.75) is 62.6 Å². The first-order valence-electron chi connectivity index (χ1n) is 4.90. The molecule has 1 atom stereocenters. The van der Waals surface area contributed by atoms with Gasteiger partial charge < -0.3 is 0 Å². The van der Waals surface area contributed by atoms with Crippen molar-refractivity contribution >= 4 is 20.2 Å². The van der Waals surface area contributed by atoms with Crippen LogP contribution in [0.3, 0.4) is 0 Å². The van der Waals surface area contributed by atoms with Gasteiger partial charge in [-0.2, -0.15) is 0 Å². The summed E-state index contributed by atoms with van der Waals surface area (Å²) in [5.74, 6) is 0. The van der Waals surface area contributed by atoms with Crippen LogP contribution in [0.25, 0.3) is 0 Å². The molecule has 2 heteroatoms. The lowest BCUT2D eigenvalue weighted by molar-refractivity contribution is 0.477. The molecule has 0 aliphatic heterocycles. The minimum absolute atomic E-state index is 0.163. The van der Waals surface area contributed by atoms with E-state index in [9.17, 15) is 0 Å². The summed E-state index contributed by atoms with van der Waals surface area (Å²) in [4.78, 5) is 0. The molecule has 0 radical (unpaired) electrons. The third-order valence-corrected chi connectivity index (χ3v) is 4.60. The van der Waals surface area contributed by atoms with Gasteiger partial charge in [-0.3, -0.25) is 0 Å². The summed E-state index contributed by atoms with van der Waals surface area (Å²) in [5.41, 5.74) is 0. The van der Waals surface area contributed by atoms with Gasteiger partial charge in [0.15, 0.2) is 0 Å². The lowest BCUT2D eigenvalue weighted by Gasteiger charge is -2.36. The average Bonchev–Trinajstić information content (AvgIpc) is 1.83. The van der Waals surface area contributed by atoms with E-state index in [2.05, 4.69) is 20.8 Å². The quantitative estimate of drug-likeness (QED) is 0.442. The van der Waals surface area contributed by atoms with Crippen LogP contribution >= 0.6 is 20.2 Å². The molecule has 0 saturated heterocycles. The molecule has 0 bridgehead atoms. The van der Waals surface area contributed by atoms with E-state index in [0.29, 0.717) is 5.16 Å². The molecule has 1 rings (SSSR count). The third kappa shape index (κ3) is 3.62. The molecule has 0 heterocycles. The van der Waals surface area contributed by atoms with Crippen LogP contribution in [0.1, 0.15) is 52.9 Å². The third-order valence-electron chi connectivity index (χ3n) is 2.25. The van der Waals surface area contributed by atoms with Crippen molar-refractivity contribution in [3.05, 3.63) is 0 Å². The molecule has 0 spiro atoms. The zero-order valence-electron chi connectivity index (χ0n) is 8.41. The number of hydrogen-bond acceptors (Lipinski definition) is 0. The number of rotatable bonds is 1. The fourth-order valence-electron chi connectivity index (χ4n) is 1.91. The molecule has 72 valence electrons. The Kier molecular flexibility index (Phi) is 3.46. The highest BCUT2D eigenvalue weighted by Gasteiger charge is 2.33. The second-order valence-electron chi connectivity index (χ2n) is 4.90. The Morgan fingerprint density at radius 3 is 2.00 bits per heavy atom. The second kappa shape index (κ2) is 3.84. The first-order chi connectivity index (χ1) is 5.41. The topological polar surface area (TPSA) is 0 Å². The number of hydrogen-bond donors (Lipinski definition) is 0. The summed E-state index contributed by atoms with van der Waals surface area (Å²) in [7, 11) is 0.909. The van der Waals surface area contributed by atoms with E-state index >= 15 is 0 Å². The summed E-state index contributed by atoms with van der Waals surface area (Å²) in [6.07, 6.45) is 6.55. The highest BCUT2D eigenvalue weighted by molar-refractivity contribution is 7.44. The van der Waals surface area contributed by atoms with Gasteiger partial charge in [-0.15, -0.1) is 11.6 Å². The first kappa shape index (κ1) is 10.8. The van der Waals surface area contributed by atoms with Crippen molar-refractivity contribution in [2.24, 2.45) is 0 Å². The zero-order valence-corrected chi connectivity index (χ0v) is 10.2. The zero-order chi connectivity index (χ0) is 9.24. The summed E-state index contributed by atoms with van der Waals surface area (Å²) in [6.45, 7) is 6.89. The molecule has 1 unspecified atom stereocenters. The maximum atomic E-state index is 6.57. The van der Waals surface area contributed by atoms with Gasteiger partial charge in [0, 0.05) is 0 Å². The van der Waals surface area contributed by atoms with Crippen molar-refractivity contribution in [3.63, 3.8) is 0 Å². The van der Waals surface area contributed by atoms with E-state index in [1.54, 1.807) is 0 Å². The largest absolute Gasteiger partial charge is 0.115 e. The summed E-state index contributed by atoms with van der Waals surface area (Å²) in [5, 5.41) is 0.416.